The predicted molar refractivity (Wildman–Crippen MR) is 113 cm³/mol. The smallest absolute Gasteiger partial charge is 0.332 e. The molecular formula is C19H15Cl2NO3PS+. The van der Waals surface area contributed by atoms with Crippen molar-refractivity contribution in [2.75, 3.05) is 6.16 Å². The van der Waals surface area contributed by atoms with Crippen LogP contribution in [0.15, 0.2) is 54.0 Å². The van der Waals surface area contributed by atoms with Crippen LogP contribution in [0.5, 0.6) is 0 Å². The molecule has 1 heterocycles. The molecule has 0 fully saturated rings. The lowest BCUT2D eigenvalue weighted by Crippen LogP contribution is -2.26. The summed E-state index contributed by atoms with van der Waals surface area (Å²) >= 11 is 13.5. The fraction of sp³-hybridized carbons (Fsp3) is 0.105. The summed E-state index contributed by atoms with van der Waals surface area (Å²) < 4.78 is 12.4. The molecule has 2 unspecified atom stereocenters. The Bertz CT molecular complexity index is 1030. The lowest BCUT2D eigenvalue weighted by atomic mass is 9.99. The fourth-order valence-electron chi connectivity index (χ4n) is 2.70. The van der Waals surface area contributed by atoms with Crippen LogP contribution < -0.4 is 5.32 Å². The zero-order valence-corrected chi connectivity index (χ0v) is 17.2. The van der Waals surface area contributed by atoms with Gasteiger partial charge in [0.05, 0.1) is 0 Å². The van der Waals surface area contributed by atoms with Crippen molar-refractivity contribution in [3.05, 3.63) is 75.2 Å². The molecule has 3 rings (SSSR count). The number of benzene rings is 2. The molecule has 1 amide bonds. The molecule has 0 radical (unpaired) electrons. The Morgan fingerprint density at radius 2 is 2.00 bits per heavy atom. The topological polar surface area (TPSA) is 66.4 Å². The number of amides is 1. The summed E-state index contributed by atoms with van der Waals surface area (Å²) in [7, 11) is -2.48. The Kier molecular flexibility index (Phi) is 6.64. The van der Waals surface area contributed by atoms with Gasteiger partial charge in [0, 0.05) is 20.9 Å². The van der Waals surface area contributed by atoms with E-state index in [4.69, 9.17) is 23.2 Å². The minimum absolute atomic E-state index is 0.162. The summed E-state index contributed by atoms with van der Waals surface area (Å²) in [4.78, 5) is 22.1. The Balaban J connectivity index is 1.84. The summed E-state index contributed by atoms with van der Waals surface area (Å²) in [5.41, 5.74) is 1.53. The van der Waals surface area contributed by atoms with E-state index in [-0.39, 0.29) is 12.1 Å². The van der Waals surface area contributed by atoms with E-state index in [1.165, 1.54) is 17.5 Å². The first-order valence-corrected chi connectivity index (χ1v) is 11.0. The second-order valence-corrected chi connectivity index (χ2v) is 8.67. The molecule has 2 atom stereocenters. The average molecular weight is 439 g/mol. The summed E-state index contributed by atoms with van der Waals surface area (Å²) in [6.45, 7) is 0. The van der Waals surface area contributed by atoms with Crippen molar-refractivity contribution in [2.24, 2.45) is 0 Å². The van der Waals surface area contributed by atoms with Gasteiger partial charge < -0.3 is 5.32 Å². The molecule has 0 bridgehead atoms. The average Bonchev–Trinajstić information content (AvgIpc) is 3.02. The van der Waals surface area contributed by atoms with E-state index in [0.29, 0.717) is 15.6 Å². The van der Waals surface area contributed by atoms with E-state index in [9.17, 15) is 14.3 Å². The Labute approximate surface area is 171 Å². The summed E-state index contributed by atoms with van der Waals surface area (Å²) in [6, 6.07) is 12.6. The molecule has 0 spiro atoms. The minimum Gasteiger partial charge on any atom is -0.332 e. The summed E-state index contributed by atoms with van der Waals surface area (Å²) in [5, 5.41) is 6.50. The predicted octanol–water partition coefficient (Wildman–Crippen LogP) is 5.81. The first-order valence-electron chi connectivity index (χ1n) is 7.97. The van der Waals surface area contributed by atoms with Crippen LogP contribution in [0.2, 0.25) is 10.0 Å². The van der Waals surface area contributed by atoms with Crippen molar-refractivity contribution in [2.45, 2.75) is 5.92 Å². The van der Waals surface area contributed by atoms with E-state index in [0.717, 1.165) is 15.6 Å². The van der Waals surface area contributed by atoms with Gasteiger partial charge in [0.2, 0.25) is 5.91 Å². The van der Waals surface area contributed by atoms with Crippen LogP contribution >= 0.6 is 42.6 Å². The molecule has 1 aromatic heterocycles. The Morgan fingerprint density at radius 1 is 1.22 bits per heavy atom. The van der Waals surface area contributed by atoms with Gasteiger partial charge in [-0.1, -0.05) is 35.3 Å². The first-order chi connectivity index (χ1) is 12.9. The van der Waals surface area contributed by atoms with Crippen LogP contribution in [-0.2, 0) is 9.36 Å². The molecule has 2 N–H and O–H groups in total. The van der Waals surface area contributed by atoms with Crippen LogP contribution in [-0.4, -0.2) is 17.0 Å². The monoisotopic (exact) mass is 438 g/mol. The van der Waals surface area contributed by atoms with Crippen molar-refractivity contribution in [1.29, 1.82) is 0 Å². The van der Waals surface area contributed by atoms with E-state index in [2.05, 4.69) is 5.32 Å². The maximum atomic E-state index is 12.7. The van der Waals surface area contributed by atoms with Gasteiger partial charge in [-0.3, -0.25) is 4.79 Å². The van der Waals surface area contributed by atoms with Gasteiger partial charge in [-0.25, -0.2) is 0 Å². The van der Waals surface area contributed by atoms with Crippen LogP contribution in [0.25, 0.3) is 16.2 Å². The van der Waals surface area contributed by atoms with E-state index < -0.39 is 13.9 Å². The second-order valence-electron chi connectivity index (χ2n) is 5.82. The maximum Gasteiger partial charge on any atom is 0.506 e. The normalized spacial score (nSPS) is 13.1. The third kappa shape index (κ3) is 5.16. The molecule has 0 aliphatic carbocycles. The van der Waals surface area contributed by atoms with Crippen LogP contribution in [0.1, 0.15) is 17.0 Å². The molecule has 8 heteroatoms. The quantitative estimate of drug-likeness (QED) is 0.476. The van der Waals surface area contributed by atoms with Gasteiger partial charge in [0.1, 0.15) is 5.92 Å². The third-order valence-corrected chi connectivity index (χ3v) is 6.08. The molecule has 2 aromatic carbocycles. The zero-order valence-electron chi connectivity index (χ0n) is 13.9. The standard InChI is InChI=1S/C19H14Cl2NO3PS/c20-13-3-1-2-12(8-13)6-7-22-19(23)16(10-26(24)25)17-11-27-18-5-4-14(21)9-15(17)18/h1-9,11,16H,10H2,(H-,22,23,24,25)/p+1/b7-6+. The molecule has 27 heavy (non-hydrogen) atoms. The van der Waals surface area contributed by atoms with Gasteiger partial charge in [-0.2, -0.15) is 4.89 Å². The second kappa shape index (κ2) is 8.96. The van der Waals surface area contributed by atoms with Crippen LogP contribution in [0, 0.1) is 0 Å². The molecule has 0 aliphatic heterocycles. The highest BCUT2D eigenvalue weighted by Crippen LogP contribution is 2.36. The number of carbonyl (C=O) groups excluding carboxylic acids is 1. The van der Waals surface area contributed by atoms with Crippen LogP contribution in [0.4, 0.5) is 0 Å². The SMILES string of the molecule is O=C(N/C=C/c1cccc(Cl)c1)C(C[P+](=O)O)c1csc2ccc(Cl)cc12. The van der Waals surface area contributed by atoms with Crippen molar-refractivity contribution in [1.82, 2.24) is 5.32 Å². The number of rotatable bonds is 6. The van der Waals surface area contributed by atoms with Gasteiger partial charge >= 0.3 is 8.03 Å². The zero-order chi connectivity index (χ0) is 19.4. The molecule has 0 saturated heterocycles. The molecule has 0 saturated carbocycles. The van der Waals surface area contributed by atoms with Gasteiger partial charge in [0.25, 0.3) is 0 Å². The number of hydrogen-bond donors (Lipinski definition) is 2. The maximum absolute atomic E-state index is 12.7. The first kappa shape index (κ1) is 20.0. The Morgan fingerprint density at radius 3 is 2.74 bits per heavy atom. The fourth-order valence-corrected chi connectivity index (χ4v) is 4.74. The van der Waals surface area contributed by atoms with Crippen molar-refractivity contribution in [3.8, 4) is 0 Å². The molecule has 0 aliphatic rings. The van der Waals surface area contributed by atoms with Gasteiger partial charge in [0.15, 0.2) is 6.16 Å². The minimum atomic E-state index is -2.48. The molecule has 4 nitrogen and oxygen atoms in total. The number of nitrogens with one attached hydrogen (secondary N) is 1. The molecular weight excluding hydrogens is 424 g/mol. The number of hydrogen-bond acceptors (Lipinski definition) is 3. The lowest BCUT2D eigenvalue weighted by molar-refractivity contribution is -0.121. The van der Waals surface area contributed by atoms with Gasteiger partial charge in [-0.05, 0) is 62.9 Å². The highest BCUT2D eigenvalue weighted by Gasteiger charge is 2.31. The van der Waals surface area contributed by atoms with Gasteiger partial charge in [-0.15, -0.1) is 11.3 Å². The third-order valence-electron chi connectivity index (χ3n) is 3.95. The summed E-state index contributed by atoms with van der Waals surface area (Å²) in [6.07, 6.45) is 3.06. The highest BCUT2D eigenvalue weighted by molar-refractivity contribution is 7.38. The van der Waals surface area contributed by atoms with E-state index in [1.807, 2.05) is 23.6 Å². The van der Waals surface area contributed by atoms with Crippen LogP contribution in [0.3, 0.4) is 0 Å². The van der Waals surface area contributed by atoms with Crippen molar-refractivity contribution < 1.29 is 14.3 Å². The largest absolute Gasteiger partial charge is 0.506 e. The highest BCUT2D eigenvalue weighted by atomic mass is 35.5. The number of thiophene rings is 1. The number of carbonyl (C=O) groups is 1. The number of halogens is 2. The van der Waals surface area contributed by atoms with Crippen molar-refractivity contribution >= 4 is 64.6 Å². The van der Waals surface area contributed by atoms with E-state index >= 15 is 0 Å². The number of fused-ring (bicyclic) bond motifs is 1. The molecule has 3 aromatic rings. The lowest BCUT2D eigenvalue weighted by Gasteiger charge is -2.10. The summed E-state index contributed by atoms with van der Waals surface area (Å²) in [5.74, 6) is -1.11. The Hall–Kier alpha value is -1.75. The van der Waals surface area contributed by atoms with Crippen molar-refractivity contribution in [3.63, 3.8) is 0 Å². The van der Waals surface area contributed by atoms with E-state index in [1.54, 1.807) is 30.3 Å². The molecule has 138 valence electrons.